The van der Waals surface area contributed by atoms with Crippen LogP contribution in [0.25, 0.3) is 0 Å². The van der Waals surface area contributed by atoms with E-state index in [0.29, 0.717) is 26.1 Å². The second-order valence-corrected chi connectivity index (χ2v) is 11.7. The standard InChI is InChI=1S/C28H42N2O3/c1-20-8-10-22(11-9-20)26-29(14-15-33-26)12-13-30-24(31)17-23(25(30)32)16-21(2)18-28(6,7)19-27(3,4)5/h8-11,17,26,31-32H,2,12-16,18-19H2,1,3-7H3. The normalized spacial score (nSPS) is 17.6. The zero-order valence-electron chi connectivity index (χ0n) is 21.3. The van der Waals surface area contributed by atoms with Gasteiger partial charge in [-0.05, 0) is 42.6 Å². The maximum absolute atomic E-state index is 10.8. The molecule has 0 saturated carbocycles. The molecule has 1 atom stereocenters. The summed E-state index contributed by atoms with van der Waals surface area (Å²) in [4.78, 5) is 2.25. The summed E-state index contributed by atoms with van der Waals surface area (Å²) in [5.74, 6) is 0.227. The quantitative estimate of drug-likeness (QED) is 0.444. The summed E-state index contributed by atoms with van der Waals surface area (Å²) in [6.07, 6.45) is 2.46. The van der Waals surface area contributed by atoms with Gasteiger partial charge in [-0.3, -0.25) is 9.47 Å². The molecule has 0 amide bonds. The molecule has 2 heterocycles. The van der Waals surface area contributed by atoms with E-state index < -0.39 is 0 Å². The third-order valence-electron chi connectivity index (χ3n) is 6.26. The maximum Gasteiger partial charge on any atom is 0.197 e. The first-order chi connectivity index (χ1) is 15.3. The van der Waals surface area contributed by atoms with E-state index in [1.54, 1.807) is 10.6 Å². The van der Waals surface area contributed by atoms with Crippen LogP contribution in [0.5, 0.6) is 11.8 Å². The van der Waals surface area contributed by atoms with Crippen LogP contribution >= 0.6 is 0 Å². The monoisotopic (exact) mass is 454 g/mol. The highest BCUT2D eigenvalue weighted by atomic mass is 16.5. The van der Waals surface area contributed by atoms with E-state index in [4.69, 9.17) is 4.74 Å². The Morgan fingerprint density at radius 3 is 2.39 bits per heavy atom. The lowest BCUT2D eigenvalue weighted by molar-refractivity contribution is 0.0306. The van der Waals surface area contributed by atoms with Crippen molar-refractivity contribution in [3.8, 4) is 11.8 Å². The Kier molecular flexibility index (Phi) is 7.65. The molecule has 1 saturated heterocycles. The van der Waals surface area contributed by atoms with Crippen LogP contribution in [-0.4, -0.2) is 39.4 Å². The molecule has 0 radical (unpaired) electrons. The SMILES string of the molecule is C=C(Cc1cc(O)n(CCN2CCOC2c2ccc(C)cc2)c1O)CC(C)(C)CC(C)(C)C. The number of aromatic nitrogens is 1. The zero-order valence-corrected chi connectivity index (χ0v) is 21.3. The van der Waals surface area contributed by atoms with Gasteiger partial charge in [-0.2, -0.15) is 0 Å². The van der Waals surface area contributed by atoms with E-state index >= 15 is 0 Å². The van der Waals surface area contributed by atoms with Gasteiger partial charge in [-0.1, -0.05) is 76.6 Å². The summed E-state index contributed by atoms with van der Waals surface area (Å²) < 4.78 is 7.55. The van der Waals surface area contributed by atoms with Crippen LogP contribution in [-0.2, 0) is 17.7 Å². The van der Waals surface area contributed by atoms with Crippen molar-refractivity contribution in [2.75, 3.05) is 19.7 Å². The maximum atomic E-state index is 10.8. The molecule has 3 rings (SSSR count). The van der Waals surface area contributed by atoms with E-state index in [9.17, 15) is 10.2 Å². The van der Waals surface area contributed by atoms with Crippen molar-refractivity contribution >= 4 is 0 Å². The molecule has 1 aliphatic heterocycles. The van der Waals surface area contributed by atoms with E-state index in [2.05, 4.69) is 77.3 Å². The average molecular weight is 455 g/mol. The first kappa shape index (κ1) is 25.4. The van der Waals surface area contributed by atoms with Crippen molar-refractivity contribution in [1.82, 2.24) is 9.47 Å². The van der Waals surface area contributed by atoms with Gasteiger partial charge in [-0.15, -0.1) is 0 Å². The summed E-state index contributed by atoms with van der Waals surface area (Å²) in [5, 5.41) is 21.4. The van der Waals surface area contributed by atoms with Crippen LogP contribution in [0.15, 0.2) is 42.5 Å². The predicted octanol–water partition coefficient (Wildman–Crippen LogP) is 6.19. The number of hydrogen-bond acceptors (Lipinski definition) is 4. The number of ether oxygens (including phenoxy) is 1. The van der Waals surface area contributed by atoms with Crippen LogP contribution in [0, 0.1) is 17.8 Å². The summed E-state index contributed by atoms with van der Waals surface area (Å²) >= 11 is 0. The van der Waals surface area contributed by atoms with Gasteiger partial charge >= 0.3 is 0 Å². The Labute approximate surface area is 199 Å². The van der Waals surface area contributed by atoms with Gasteiger partial charge in [0.05, 0.1) is 6.61 Å². The third kappa shape index (κ3) is 6.87. The molecule has 0 spiro atoms. The number of nitrogens with zero attached hydrogens (tertiary/aromatic N) is 2. The Balaban J connectivity index is 1.62. The van der Waals surface area contributed by atoms with Gasteiger partial charge < -0.3 is 14.9 Å². The predicted molar refractivity (Wildman–Crippen MR) is 135 cm³/mol. The number of aryl methyl sites for hydroxylation is 1. The first-order valence-corrected chi connectivity index (χ1v) is 12.0. The lowest BCUT2D eigenvalue weighted by Gasteiger charge is -2.33. The van der Waals surface area contributed by atoms with Gasteiger partial charge in [0.15, 0.2) is 11.8 Å². The van der Waals surface area contributed by atoms with Crippen molar-refractivity contribution in [1.29, 1.82) is 0 Å². The number of benzene rings is 1. The number of aromatic hydroxyl groups is 2. The topological polar surface area (TPSA) is 57.9 Å². The Morgan fingerprint density at radius 2 is 1.76 bits per heavy atom. The third-order valence-corrected chi connectivity index (χ3v) is 6.26. The van der Waals surface area contributed by atoms with Crippen molar-refractivity contribution in [3.05, 3.63) is 59.2 Å². The van der Waals surface area contributed by atoms with Crippen molar-refractivity contribution in [2.45, 2.75) is 73.6 Å². The highest BCUT2D eigenvalue weighted by Crippen LogP contribution is 2.39. The molecular weight excluding hydrogens is 412 g/mol. The first-order valence-electron chi connectivity index (χ1n) is 12.0. The fourth-order valence-corrected chi connectivity index (χ4v) is 5.44. The average Bonchev–Trinajstić information content (AvgIpc) is 3.23. The van der Waals surface area contributed by atoms with Gasteiger partial charge in [0.2, 0.25) is 0 Å². The molecule has 2 aromatic rings. The van der Waals surface area contributed by atoms with Gasteiger partial charge in [0.1, 0.15) is 6.23 Å². The Hall–Kier alpha value is -2.24. The lowest BCUT2D eigenvalue weighted by Crippen LogP contribution is -2.27. The second-order valence-electron chi connectivity index (χ2n) is 11.7. The van der Waals surface area contributed by atoms with Crippen molar-refractivity contribution in [3.63, 3.8) is 0 Å². The molecule has 0 bridgehead atoms. The zero-order chi connectivity index (χ0) is 24.4. The molecule has 1 fully saturated rings. The highest BCUT2D eigenvalue weighted by molar-refractivity contribution is 5.38. The molecular formula is C28H42N2O3. The van der Waals surface area contributed by atoms with Crippen LogP contribution in [0.1, 0.15) is 70.4 Å². The summed E-state index contributed by atoms with van der Waals surface area (Å²) in [6, 6.07) is 10.1. The molecule has 5 nitrogen and oxygen atoms in total. The summed E-state index contributed by atoms with van der Waals surface area (Å²) in [7, 11) is 0. The molecule has 1 aromatic heterocycles. The van der Waals surface area contributed by atoms with Crippen molar-refractivity contribution in [2.24, 2.45) is 10.8 Å². The number of allylic oxidation sites excluding steroid dienone is 1. The minimum Gasteiger partial charge on any atom is -0.494 e. The fraction of sp³-hybridized carbons (Fsp3) is 0.571. The second kappa shape index (κ2) is 9.94. The summed E-state index contributed by atoms with van der Waals surface area (Å²) in [5.41, 5.74) is 4.55. The minimum absolute atomic E-state index is 0.0882. The summed E-state index contributed by atoms with van der Waals surface area (Å²) in [6.45, 7) is 20.3. The van der Waals surface area contributed by atoms with E-state index in [1.165, 1.54) is 5.56 Å². The van der Waals surface area contributed by atoms with Gasteiger partial charge in [-0.25, -0.2) is 0 Å². The van der Waals surface area contributed by atoms with Crippen LogP contribution in [0.4, 0.5) is 0 Å². The van der Waals surface area contributed by atoms with E-state index in [-0.39, 0.29) is 28.8 Å². The van der Waals surface area contributed by atoms with Gasteiger partial charge in [0.25, 0.3) is 0 Å². The minimum atomic E-state index is -0.0882. The largest absolute Gasteiger partial charge is 0.494 e. The molecule has 5 heteroatoms. The molecule has 33 heavy (non-hydrogen) atoms. The molecule has 1 aliphatic rings. The molecule has 1 aromatic carbocycles. The van der Waals surface area contributed by atoms with Crippen molar-refractivity contribution < 1.29 is 14.9 Å². The fourth-order valence-electron chi connectivity index (χ4n) is 5.44. The van der Waals surface area contributed by atoms with Crippen LogP contribution in [0.3, 0.4) is 0 Å². The number of hydrogen-bond donors (Lipinski definition) is 2. The van der Waals surface area contributed by atoms with Crippen LogP contribution < -0.4 is 0 Å². The Morgan fingerprint density at radius 1 is 1.09 bits per heavy atom. The van der Waals surface area contributed by atoms with E-state index in [0.717, 1.165) is 36.1 Å². The molecule has 1 unspecified atom stereocenters. The highest BCUT2D eigenvalue weighted by Gasteiger charge is 2.28. The number of rotatable bonds is 9. The van der Waals surface area contributed by atoms with Gasteiger partial charge in [0, 0.05) is 31.3 Å². The molecule has 0 aliphatic carbocycles. The van der Waals surface area contributed by atoms with E-state index in [1.807, 2.05) is 0 Å². The Bertz CT molecular complexity index is 951. The molecule has 182 valence electrons. The lowest BCUT2D eigenvalue weighted by atomic mass is 9.73. The van der Waals surface area contributed by atoms with Crippen LogP contribution in [0.2, 0.25) is 0 Å². The molecule has 2 N–H and O–H groups in total. The smallest absolute Gasteiger partial charge is 0.197 e.